The lowest BCUT2D eigenvalue weighted by Gasteiger charge is -2.35. The summed E-state index contributed by atoms with van der Waals surface area (Å²) in [5.74, 6) is 1.15. The fourth-order valence-corrected chi connectivity index (χ4v) is 5.17. The number of aromatic nitrogens is 2. The second-order valence-electron chi connectivity index (χ2n) is 8.83. The van der Waals surface area contributed by atoms with Crippen molar-refractivity contribution in [2.45, 2.75) is 39.5 Å². The number of hydrogen-bond acceptors (Lipinski definition) is 3. The second kappa shape index (κ2) is 8.62. The Balaban J connectivity index is 1.34. The van der Waals surface area contributed by atoms with Gasteiger partial charge in [-0.3, -0.25) is 4.79 Å². The zero-order chi connectivity index (χ0) is 22.2. The van der Waals surface area contributed by atoms with Crippen LogP contribution >= 0.6 is 11.6 Å². The van der Waals surface area contributed by atoms with Crippen molar-refractivity contribution >= 4 is 28.9 Å². The number of H-pyrrole nitrogens is 1. The molecule has 1 saturated heterocycles. The summed E-state index contributed by atoms with van der Waals surface area (Å²) in [6.45, 7) is 6.60. The molecule has 3 heterocycles. The third-order valence-corrected chi connectivity index (χ3v) is 7.04. The molecule has 0 saturated carbocycles. The molecule has 1 aromatic heterocycles. The number of nitrogens with zero attached hydrogens (tertiary/aromatic N) is 3. The number of imidazole rings is 1. The highest BCUT2D eigenvalue weighted by Gasteiger charge is 2.32. The number of fused-ring (bicyclic) bond motifs is 3. The van der Waals surface area contributed by atoms with E-state index in [9.17, 15) is 4.79 Å². The molecule has 1 fully saturated rings. The number of anilines is 2. The van der Waals surface area contributed by atoms with Crippen LogP contribution < -0.4 is 9.80 Å². The fraction of sp³-hybridized carbons (Fsp3) is 0.385. The fourth-order valence-electron chi connectivity index (χ4n) is 5.00. The van der Waals surface area contributed by atoms with Crippen molar-refractivity contribution in [2.24, 2.45) is 5.92 Å². The molecule has 0 aliphatic carbocycles. The van der Waals surface area contributed by atoms with Crippen LogP contribution in [0.25, 0.3) is 11.3 Å². The standard InChI is InChI=1S/C26H29ClN4O/c1-3-18-4-7-21(8-5-18)30-13-10-19(11-14-30)26(32)31-15-12-23-25(29-17(2)28-23)22-16-20(27)6-9-24(22)31/h4-9,16,19H,3,10-15H2,1-2H3,(H,28,29). The maximum atomic E-state index is 13.7. The van der Waals surface area contributed by atoms with Crippen LogP contribution in [0, 0.1) is 12.8 Å². The summed E-state index contributed by atoms with van der Waals surface area (Å²) in [6.07, 6.45) is 3.56. The van der Waals surface area contributed by atoms with Gasteiger partial charge in [0.15, 0.2) is 0 Å². The first kappa shape index (κ1) is 21.1. The van der Waals surface area contributed by atoms with E-state index in [1.54, 1.807) is 0 Å². The van der Waals surface area contributed by atoms with E-state index in [1.165, 1.54) is 11.3 Å². The van der Waals surface area contributed by atoms with E-state index < -0.39 is 0 Å². The van der Waals surface area contributed by atoms with E-state index in [0.29, 0.717) is 11.6 Å². The highest BCUT2D eigenvalue weighted by molar-refractivity contribution is 6.31. The maximum Gasteiger partial charge on any atom is 0.230 e. The monoisotopic (exact) mass is 448 g/mol. The lowest BCUT2D eigenvalue weighted by Crippen LogP contribution is -2.43. The Kier molecular flexibility index (Phi) is 5.68. The zero-order valence-electron chi connectivity index (χ0n) is 18.7. The molecular formula is C26H29ClN4O. The Bertz CT molecular complexity index is 1130. The molecule has 32 heavy (non-hydrogen) atoms. The molecule has 0 radical (unpaired) electrons. The number of carbonyl (C=O) groups is 1. The van der Waals surface area contributed by atoms with Crippen LogP contribution in [0.3, 0.4) is 0 Å². The average molecular weight is 449 g/mol. The van der Waals surface area contributed by atoms with E-state index in [2.05, 4.69) is 41.1 Å². The topological polar surface area (TPSA) is 52.2 Å². The molecule has 1 amide bonds. The Hall–Kier alpha value is -2.79. The lowest BCUT2D eigenvalue weighted by molar-refractivity contribution is -0.123. The van der Waals surface area contributed by atoms with Gasteiger partial charge in [-0.1, -0.05) is 30.7 Å². The van der Waals surface area contributed by atoms with Gasteiger partial charge in [0.2, 0.25) is 5.91 Å². The van der Waals surface area contributed by atoms with Crippen molar-refractivity contribution in [3.05, 3.63) is 64.6 Å². The molecule has 5 rings (SSSR count). The molecule has 2 aliphatic heterocycles. The van der Waals surface area contributed by atoms with Gasteiger partial charge in [0.05, 0.1) is 11.4 Å². The predicted molar refractivity (Wildman–Crippen MR) is 131 cm³/mol. The Morgan fingerprint density at radius 2 is 1.88 bits per heavy atom. The number of rotatable bonds is 3. The van der Waals surface area contributed by atoms with Crippen molar-refractivity contribution in [2.75, 3.05) is 29.4 Å². The number of aryl methyl sites for hydroxylation is 2. The summed E-state index contributed by atoms with van der Waals surface area (Å²) in [5, 5.41) is 0.659. The van der Waals surface area contributed by atoms with Crippen molar-refractivity contribution in [3.63, 3.8) is 0 Å². The summed E-state index contributed by atoms with van der Waals surface area (Å²) < 4.78 is 0. The van der Waals surface area contributed by atoms with Crippen molar-refractivity contribution in [3.8, 4) is 11.3 Å². The minimum absolute atomic E-state index is 0.0378. The van der Waals surface area contributed by atoms with Gasteiger partial charge < -0.3 is 14.8 Å². The molecule has 0 atom stereocenters. The predicted octanol–water partition coefficient (Wildman–Crippen LogP) is 5.41. The van der Waals surface area contributed by atoms with Gasteiger partial charge >= 0.3 is 0 Å². The number of piperidine rings is 1. The van der Waals surface area contributed by atoms with Crippen LogP contribution in [0.15, 0.2) is 42.5 Å². The zero-order valence-corrected chi connectivity index (χ0v) is 19.5. The van der Waals surface area contributed by atoms with Crippen LogP contribution in [-0.2, 0) is 17.6 Å². The minimum Gasteiger partial charge on any atom is -0.371 e. The van der Waals surface area contributed by atoms with Gasteiger partial charge in [-0.05, 0) is 62.1 Å². The largest absolute Gasteiger partial charge is 0.371 e. The Labute approximate surface area is 194 Å². The van der Waals surface area contributed by atoms with Gasteiger partial charge in [-0.15, -0.1) is 0 Å². The molecular weight excluding hydrogens is 420 g/mol. The van der Waals surface area contributed by atoms with Crippen LogP contribution in [-0.4, -0.2) is 35.5 Å². The number of amides is 1. The summed E-state index contributed by atoms with van der Waals surface area (Å²) in [7, 11) is 0. The van der Waals surface area contributed by atoms with Crippen LogP contribution in [0.4, 0.5) is 11.4 Å². The van der Waals surface area contributed by atoms with E-state index in [0.717, 1.165) is 67.2 Å². The highest BCUT2D eigenvalue weighted by Crippen LogP contribution is 2.38. The molecule has 0 unspecified atom stereocenters. The van der Waals surface area contributed by atoms with Crippen LogP contribution in [0.5, 0.6) is 0 Å². The maximum absolute atomic E-state index is 13.7. The average Bonchev–Trinajstić information content (AvgIpc) is 3.13. The molecule has 3 aromatic rings. The Morgan fingerprint density at radius 3 is 2.59 bits per heavy atom. The SMILES string of the molecule is CCc1ccc(N2CCC(C(=O)N3CCc4[nH]c(C)nc4-c4cc(Cl)ccc43)CC2)cc1. The molecule has 1 N–H and O–H groups in total. The number of carbonyl (C=O) groups excluding carboxylic acids is 1. The first-order valence-electron chi connectivity index (χ1n) is 11.5. The second-order valence-corrected chi connectivity index (χ2v) is 9.27. The van der Waals surface area contributed by atoms with E-state index in [-0.39, 0.29) is 11.8 Å². The molecule has 0 bridgehead atoms. The number of halogens is 1. The summed E-state index contributed by atoms with van der Waals surface area (Å²) >= 11 is 6.33. The van der Waals surface area contributed by atoms with Gasteiger partial charge in [-0.25, -0.2) is 4.98 Å². The lowest BCUT2D eigenvalue weighted by atomic mass is 9.94. The summed E-state index contributed by atoms with van der Waals surface area (Å²) in [4.78, 5) is 26.1. The first-order valence-corrected chi connectivity index (χ1v) is 11.9. The highest BCUT2D eigenvalue weighted by atomic mass is 35.5. The quantitative estimate of drug-likeness (QED) is 0.583. The van der Waals surface area contributed by atoms with E-state index >= 15 is 0 Å². The van der Waals surface area contributed by atoms with Gasteiger partial charge in [0, 0.05) is 53.9 Å². The number of aromatic amines is 1. The first-order chi connectivity index (χ1) is 15.5. The summed E-state index contributed by atoms with van der Waals surface area (Å²) in [6, 6.07) is 14.6. The van der Waals surface area contributed by atoms with Gasteiger partial charge in [-0.2, -0.15) is 0 Å². The number of hydrogen-bond donors (Lipinski definition) is 1. The third kappa shape index (κ3) is 3.90. The Morgan fingerprint density at radius 1 is 1.12 bits per heavy atom. The molecule has 2 aliphatic rings. The summed E-state index contributed by atoms with van der Waals surface area (Å²) in [5.41, 5.74) is 6.46. The van der Waals surface area contributed by atoms with Crippen LogP contribution in [0.2, 0.25) is 5.02 Å². The van der Waals surface area contributed by atoms with E-state index in [1.807, 2.05) is 30.0 Å². The molecule has 5 nitrogen and oxygen atoms in total. The molecule has 0 spiro atoms. The number of benzene rings is 2. The van der Waals surface area contributed by atoms with Crippen molar-refractivity contribution in [1.29, 1.82) is 0 Å². The van der Waals surface area contributed by atoms with Crippen LogP contribution in [0.1, 0.15) is 36.8 Å². The van der Waals surface area contributed by atoms with Gasteiger partial charge in [0.25, 0.3) is 0 Å². The minimum atomic E-state index is 0.0378. The number of nitrogens with one attached hydrogen (secondary N) is 1. The normalized spacial score (nSPS) is 16.5. The molecule has 6 heteroatoms. The van der Waals surface area contributed by atoms with Crippen molar-refractivity contribution in [1.82, 2.24) is 9.97 Å². The third-order valence-electron chi connectivity index (χ3n) is 6.81. The molecule has 166 valence electrons. The van der Waals surface area contributed by atoms with E-state index in [4.69, 9.17) is 16.6 Å². The van der Waals surface area contributed by atoms with Gasteiger partial charge in [0.1, 0.15) is 5.82 Å². The van der Waals surface area contributed by atoms with Crippen molar-refractivity contribution < 1.29 is 4.79 Å². The molecule has 2 aromatic carbocycles. The smallest absolute Gasteiger partial charge is 0.230 e.